The third kappa shape index (κ3) is 10.1. The highest BCUT2D eigenvalue weighted by Crippen LogP contribution is 2.34. The average Bonchev–Trinajstić information content (AvgIpc) is 3.19. The number of amides is 3. The van der Waals surface area contributed by atoms with Gasteiger partial charge in [0.2, 0.25) is 17.7 Å². The van der Waals surface area contributed by atoms with Crippen LogP contribution in [0.1, 0.15) is 79.3 Å². The molecule has 272 valence electrons. The van der Waals surface area contributed by atoms with Crippen molar-refractivity contribution in [3.8, 4) is 5.88 Å². The molecule has 1 unspecified atom stereocenters. The number of nitrogens with one attached hydrogen (secondary N) is 1. The van der Waals surface area contributed by atoms with Gasteiger partial charge in [-0.15, -0.1) is 0 Å². The number of carbonyl (C=O) groups excluding carboxylic acids is 4. The molecule has 0 spiro atoms. The van der Waals surface area contributed by atoms with Crippen molar-refractivity contribution in [1.82, 2.24) is 14.9 Å². The van der Waals surface area contributed by atoms with Gasteiger partial charge in [-0.3, -0.25) is 19.7 Å². The van der Waals surface area contributed by atoms with E-state index in [4.69, 9.17) is 14.2 Å². The van der Waals surface area contributed by atoms with Crippen molar-refractivity contribution >= 4 is 35.5 Å². The van der Waals surface area contributed by atoms with Crippen LogP contribution in [0, 0.1) is 6.92 Å². The Balaban J connectivity index is 1.37. The molecule has 3 amide bonds. The van der Waals surface area contributed by atoms with Crippen LogP contribution in [0.15, 0.2) is 84.9 Å². The first kappa shape index (κ1) is 37.5. The fourth-order valence-electron chi connectivity index (χ4n) is 5.91. The number of esters is 1. The summed E-state index contributed by atoms with van der Waals surface area (Å²) in [4.78, 5) is 65.3. The van der Waals surface area contributed by atoms with Gasteiger partial charge in [0.15, 0.2) is 0 Å². The summed E-state index contributed by atoms with van der Waals surface area (Å²) in [6, 6.07) is 25.4. The van der Waals surface area contributed by atoms with Crippen molar-refractivity contribution < 1.29 is 33.4 Å². The number of hydrogen-bond donors (Lipinski definition) is 1. The number of aryl methyl sites for hydroxylation is 2. The normalized spacial score (nSPS) is 13.6. The van der Waals surface area contributed by atoms with E-state index < -0.39 is 23.7 Å². The second-order valence-electron chi connectivity index (χ2n) is 13.4. The molecule has 0 fully saturated rings. The monoisotopic (exact) mass is 707 g/mol. The van der Waals surface area contributed by atoms with Crippen molar-refractivity contribution in [2.75, 3.05) is 30.0 Å². The molecular weight excluding hydrogens is 662 g/mol. The summed E-state index contributed by atoms with van der Waals surface area (Å²) in [5.74, 6) is -0.693. The summed E-state index contributed by atoms with van der Waals surface area (Å²) in [5, 5.41) is 2.54. The maximum Gasteiger partial charge on any atom is 0.414 e. The quantitative estimate of drug-likeness (QED) is 0.117. The van der Waals surface area contributed by atoms with E-state index in [0.29, 0.717) is 42.3 Å². The summed E-state index contributed by atoms with van der Waals surface area (Å²) < 4.78 is 16.5. The lowest BCUT2D eigenvalue weighted by Crippen LogP contribution is -2.41. The molecule has 0 saturated heterocycles. The average molecular weight is 708 g/mol. The Labute approximate surface area is 304 Å². The Morgan fingerprint density at radius 3 is 2.33 bits per heavy atom. The molecule has 1 atom stereocenters. The highest BCUT2D eigenvalue weighted by atomic mass is 16.6. The van der Waals surface area contributed by atoms with Gasteiger partial charge in [-0.25, -0.2) is 9.78 Å². The predicted molar refractivity (Wildman–Crippen MR) is 196 cm³/mol. The minimum Gasteiger partial charge on any atom is -0.478 e. The number of benzene rings is 3. The molecule has 1 N–H and O–H groups in total. The van der Waals surface area contributed by atoms with Gasteiger partial charge in [0.25, 0.3) is 5.91 Å². The molecule has 0 radical (unpaired) electrons. The number of fused-ring (bicyclic) bond motifs is 1. The number of rotatable bonds is 13. The minimum absolute atomic E-state index is 0.0736. The van der Waals surface area contributed by atoms with E-state index in [1.165, 1.54) is 4.90 Å². The molecule has 2 heterocycles. The molecular formula is C40H45N5O7. The van der Waals surface area contributed by atoms with Gasteiger partial charge < -0.3 is 24.0 Å². The van der Waals surface area contributed by atoms with Gasteiger partial charge >= 0.3 is 12.1 Å². The topological polar surface area (TPSA) is 140 Å². The zero-order valence-corrected chi connectivity index (χ0v) is 30.3. The van der Waals surface area contributed by atoms with E-state index in [2.05, 4.69) is 15.3 Å². The van der Waals surface area contributed by atoms with Gasteiger partial charge in [-0.2, -0.15) is 4.98 Å². The van der Waals surface area contributed by atoms with Gasteiger partial charge in [0, 0.05) is 11.8 Å². The van der Waals surface area contributed by atoms with Gasteiger partial charge in [-0.05, 0) is 76.3 Å². The molecule has 1 aromatic heterocycles. The zero-order chi connectivity index (χ0) is 37.3. The first-order valence-corrected chi connectivity index (χ1v) is 17.4. The number of hydrogen-bond acceptors (Lipinski definition) is 9. The fraction of sp³-hybridized carbons (Fsp3) is 0.350. The van der Waals surface area contributed by atoms with Crippen molar-refractivity contribution in [3.63, 3.8) is 0 Å². The van der Waals surface area contributed by atoms with Crippen molar-refractivity contribution in [3.05, 3.63) is 113 Å². The van der Waals surface area contributed by atoms with Crippen LogP contribution in [0.3, 0.4) is 0 Å². The molecule has 1 aliphatic heterocycles. The minimum atomic E-state index is -0.718. The summed E-state index contributed by atoms with van der Waals surface area (Å²) in [5.41, 5.74) is 3.33. The summed E-state index contributed by atoms with van der Waals surface area (Å²) in [6.45, 7) is 9.36. The number of anilines is 2. The molecule has 4 aromatic rings. The van der Waals surface area contributed by atoms with E-state index in [1.54, 1.807) is 45.6 Å². The molecule has 5 rings (SSSR count). The van der Waals surface area contributed by atoms with Gasteiger partial charge in [0.05, 0.1) is 43.5 Å². The van der Waals surface area contributed by atoms with Crippen LogP contribution in [0.2, 0.25) is 0 Å². The lowest BCUT2D eigenvalue weighted by atomic mass is 9.99. The van der Waals surface area contributed by atoms with Crippen molar-refractivity contribution in [2.45, 2.75) is 72.1 Å². The third-order valence-corrected chi connectivity index (χ3v) is 8.16. The standard InChI is InChI=1S/C40H45N5O7/c1-6-50-36(47)24-33(30-17-11-8-12-18-30)45-26-35(46)44(25-29-14-9-7-10-15-29)32-20-19-28(23-31(32)37(45)48)16-13-21-51-34-22-27(2)41-38(42-34)43-39(49)52-40(3,4)5/h7-12,14-15,17-20,22-23,33H,6,13,16,21,24-26H2,1-5H3,(H,41,42,43,49). The molecule has 12 nitrogen and oxygen atoms in total. The fourth-order valence-corrected chi connectivity index (χ4v) is 5.91. The number of carbonyl (C=O) groups is 4. The Morgan fingerprint density at radius 1 is 0.923 bits per heavy atom. The highest BCUT2D eigenvalue weighted by Gasteiger charge is 2.37. The number of nitrogens with zero attached hydrogens (tertiary/aromatic N) is 4. The van der Waals surface area contributed by atoms with Crippen LogP contribution in [0.4, 0.5) is 16.4 Å². The largest absolute Gasteiger partial charge is 0.478 e. The number of ether oxygens (including phenoxy) is 3. The highest BCUT2D eigenvalue weighted by molar-refractivity contribution is 6.10. The Hall–Kier alpha value is -5.78. The van der Waals surface area contributed by atoms with E-state index >= 15 is 0 Å². The van der Waals surface area contributed by atoms with E-state index in [-0.39, 0.29) is 43.9 Å². The van der Waals surface area contributed by atoms with Crippen LogP contribution in [-0.4, -0.2) is 64.1 Å². The molecule has 52 heavy (non-hydrogen) atoms. The van der Waals surface area contributed by atoms with Crippen LogP contribution in [0.25, 0.3) is 0 Å². The first-order chi connectivity index (χ1) is 24.9. The maximum absolute atomic E-state index is 14.5. The Bertz CT molecular complexity index is 1880. The smallest absolute Gasteiger partial charge is 0.414 e. The number of aromatic nitrogens is 2. The van der Waals surface area contributed by atoms with Crippen LogP contribution >= 0.6 is 0 Å². The second kappa shape index (κ2) is 17.0. The van der Waals surface area contributed by atoms with Crippen LogP contribution in [-0.2, 0) is 32.0 Å². The summed E-state index contributed by atoms with van der Waals surface area (Å²) in [6.07, 6.45) is 0.377. The van der Waals surface area contributed by atoms with Gasteiger partial charge in [0.1, 0.15) is 12.1 Å². The predicted octanol–water partition coefficient (Wildman–Crippen LogP) is 6.83. The first-order valence-electron chi connectivity index (χ1n) is 17.4. The lowest BCUT2D eigenvalue weighted by molar-refractivity contribution is -0.144. The molecule has 0 bridgehead atoms. The molecule has 1 aliphatic rings. The zero-order valence-electron chi connectivity index (χ0n) is 30.3. The third-order valence-electron chi connectivity index (χ3n) is 8.16. The Morgan fingerprint density at radius 2 is 1.63 bits per heavy atom. The van der Waals surface area contributed by atoms with Crippen molar-refractivity contribution in [2.24, 2.45) is 0 Å². The van der Waals surface area contributed by atoms with Gasteiger partial charge in [-0.1, -0.05) is 66.7 Å². The van der Waals surface area contributed by atoms with Crippen LogP contribution < -0.4 is 15.0 Å². The second-order valence-corrected chi connectivity index (χ2v) is 13.4. The summed E-state index contributed by atoms with van der Waals surface area (Å²) in [7, 11) is 0. The molecule has 12 heteroatoms. The van der Waals surface area contributed by atoms with Crippen LogP contribution in [0.5, 0.6) is 5.88 Å². The Kier molecular flexibility index (Phi) is 12.2. The maximum atomic E-state index is 14.5. The molecule has 0 saturated carbocycles. The van der Waals surface area contributed by atoms with Crippen molar-refractivity contribution in [1.29, 1.82) is 0 Å². The van der Waals surface area contributed by atoms with E-state index in [1.807, 2.05) is 78.9 Å². The molecule has 3 aromatic carbocycles. The van der Waals surface area contributed by atoms with E-state index in [9.17, 15) is 19.2 Å². The van der Waals surface area contributed by atoms with E-state index in [0.717, 1.165) is 16.7 Å². The lowest BCUT2D eigenvalue weighted by Gasteiger charge is -2.30. The molecule has 0 aliphatic carbocycles. The summed E-state index contributed by atoms with van der Waals surface area (Å²) >= 11 is 0. The SMILES string of the molecule is CCOC(=O)CC(c1ccccc1)N1CC(=O)N(Cc2ccccc2)c2ccc(CCCOc3cc(C)nc(NC(=O)OC(C)(C)C)n3)cc2C1=O.